The van der Waals surface area contributed by atoms with Crippen LogP contribution in [0.2, 0.25) is 5.02 Å². The van der Waals surface area contributed by atoms with Gasteiger partial charge in [-0.2, -0.15) is 11.8 Å². The average molecular weight is 282 g/mol. The van der Waals surface area contributed by atoms with E-state index in [9.17, 15) is 0 Å². The first-order valence-electron chi connectivity index (χ1n) is 6.22. The lowest BCUT2D eigenvalue weighted by Crippen LogP contribution is -2.24. The lowest BCUT2D eigenvalue weighted by Gasteiger charge is -2.19. The van der Waals surface area contributed by atoms with Crippen LogP contribution in [0.1, 0.15) is 18.2 Å². The Balaban J connectivity index is 1.96. The van der Waals surface area contributed by atoms with Crippen LogP contribution in [-0.2, 0) is 0 Å². The van der Waals surface area contributed by atoms with Crippen LogP contribution in [0.5, 0.6) is 0 Å². The van der Waals surface area contributed by atoms with Gasteiger partial charge in [-0.25, -0.2) is 0 Å². The number of furan rings is 1. The van der Waals surface area contributed by atoms with Crippen molar-refractivity contribution in [1.82, 2.24) is 5.32 Å². The van der Waals surface area contributed by atoms with E-state index in [1.54, 1.807) is 0 Å². The van der Waals surface area contributed by atoms with E-state index >= 15 is 0 Å². The predicted octanol–water partition coefficient (Wildman–Crippen LogP) is 4.10. The Bertz CT molecular complexity index is 548. The quantitative estimate of drug-likeness (QED) is 0.917. The Kier molecular flexibility index (Phi) is 3.55. The molecule has 0 aliphatic carbocycles. The minimum atomic E-state index is 0.311. The van der Waals surface area contributed by atoms with Gasteiger partial charge in [0.15, 0.2) is 0 Å². The predicted molar refractivity (Wildman–Crippen MR) is 78.5 cm³/mol. The monoisotopic (exact) mass is 281 g/mol. The van der Waals surface area contributed by atoms with Crippen molar-refractivity contribution in [2.45, 2.75) is 12.5 Å². The van der Waals surface area contributed by atoms with Crippen molar-refractivity contribution >= 4 is 34.3 Å². The lowest BCUT2D eigenvalue weighted by atomic mass is 9.97. The second-order valence-electron chi connectivity index (χ2n) is 4.72. The fourth-order valence-electron chi connectivity index (χ4n) is 2.61. The summed E-state index contributed by atoms with van der Waals surface area (Å²) < 4.78 is 5.96. The molecule has 2 nitrogen and oxygen atoms in total. The summed E-state index contributed by atoms with van der Waals surface area (Å²) in [4.78, 5) is 0. The third-order valence-corrected chi connectivity index (χ3v) is 4.97. The van der Waals surface area contributed by atoms with Crippen molar-refractivity contribution in [2.24, 2.45) is 5.92 Å². The van der Waals surface area contributed by atoms with Crippen LogP contribution in [0.4, 0.5) is 0 Å². The summed E-state index contributed by atoms with van der Waals surface area (Å²) in [5.74, 6) is 4.16. The lowest BCUT2D eigenvalue weighted by molar-refractivity contribution is 0.357. The van der Waals surface area contributed by atoms with Crippen LogP contribution < -0.4 is 5.32 Å². The van der Waals surface area contributed by atoms with Crippen molar-refractivity contribution in [1.29, 1.82) is 0 Å². The first-order chi connectivity index (χ1) is 8.78. The van der Waals surface area contributed by atoms with Gasteiger partial charge in [0.05, 0.1) is 6.04 Å². The number of hydrogen-bond acceptors (Lipinski definition) is 3. The van der Waals surface area contributed by atoms with Gasteiger partial charge in [0.2, 0.25) is 0 Å². The summed E-state index contributed by atoms with van der Waals surface area (Å²) in [7, 11) is 2.01. The summed E-state index contributed by atoms with van der Waals surface area (Å²) in [5, 5.41) is 5.24. The molecule has 3 rings (SSSR count). The highest BCUT2D eigenvalue weighted by Gasteiger charge is 2.28. The number of nitrogens with one attached hydrogen (secondary N) is 1. The fourth-order valence-corrected chi connectivity index (χ4v) is 4.09. The van der Waals surface area contributed by atoms with Gasteiger partial charge in [0.1, 0.15) is 11.3 Å². The van der Waals surface area contributed by atoms with Gasteiger partial charge in [0, 0.05) is 10.4 Å². The maximum absolute atomic E-state index is 6.01. The maximum Gasteiger partial charge on any atom is 0.134 e. The number of rotatable bonds is 3. The van der Waals surface area contributed by atoms with Gasteiger partial charge in [-0.3, -0.25) is 0 Å². The molecule has 2 unspecified atom stereocenters. The average Bonchev–Trinajstić information content (AvgIpc) is 2.98. The summed E-state index contributed by atoms with van der Waals surface area (Å²) in [5.41, 5.74) is 0.917. The molecule has 2 heterocycles. The molecule has 1 aliphatic heterocycles. The van der Waals surface area contributed by atoms with Crippen molar-refractivity contribution in [2.75, 3.05) is 18.6 Å². The van der Waals surface area contributed by atoms with E-state index in [1.165, 1.54) is 17.9 Å². The Labute approximate surface area is 116 Å². The highest BCUT2D eigenvalue weighted by atomic mass is 35.5. The zero-order chi connectivity index (χ0) is 12.5. The van der Waals surface area contributed by atoms with E-state index in [0.29, 0.717) is 12.0 Å². The van der Waals surface area contributed by atoms with Gasteiger partial charge in [-0.1, -0.05) is 11.6 Å². The normalized spacial score (nSPS) is 21.6. The van der Waals surface area contributed by atoms with Crippen LogP contribution in [-0.4, -0.2) is 18.6 Å². The van der Waals surface area contributed by atoms with E-state index < -0.39 is 0 Å². The molecule has 2 aromatic rings. The molecular formula is C14H16ClNOS. The molecule has 0 bridgehead atoms. The van der Waals surface area contributed by atoms with Crippen LogP contribution in [0, 0.1) is 5.92 Å². The van der Waals surface area contributed by atoms with Gasteiger partial charge in [-0.15, -0.1) is 0 Å². The molecule has 0 radical (unpaired) electrons. The van der Waals surface area contributed by atoms with E-state index in [0.717, 1.165) is 21.8 Å². The number of halogens is 1. The Morgan fingerprint density at radius 3 is 3.06 bits per heavy atom. The molecule has 18 heavy (non-hydrogen) atoms. The van der Waals surface area contributed by atoms with Crippen molar-refractivity contribution in [3.8, 4) is 0 Å². The minimum Gasteiger partial charge on any atom is -0.459 e. The Morgan fingerprint density at radius 2 is 2.33 bits per heavy atom. The van der Waals surface area contributed by atoms with Crippen LogP contribution in [0.15, 0.2) is 28.7 Å². The summed E-state index contributed by atoms with van der Waals surface area (Å²) in [6.45, 7) is 0. The van der Waals surface area contributed by atoms with Crippen LogP contribution in [0.3, 0.4) is 0 Å². The molecule has 96 valence electrons. The van der Waals surface area contributed by atoms with Gasteiger partial charge in [0.25, 0.3) is 0 Å². The highest BCUT2D eigenvalue weighted by molar-refractivity contribution is 7.99. The van der Waals surface area contributed by atoms with Gasteiger partial charge < -0.3 is 9.73 Å². The van der Waals surface area contributed by atoms with Crippen LogP contribution >= 0.6 is 23.4 Å². The molecule has 1 aromatic heterocycles. The minimum absolute atomic E-state index is 0.311. The standard InChI is InChI=1S/C14H16ClNOS/c1-16-14(9-4-5-18-8-9)13-7-10-6-11(15)2-3-12(10)17-13/h2-3,6-7,9,14,16H,4-5,8H2,1H3. The number of fused-ring (bicyclic) bond motifs is 1. The first kappa shape index (κ1) is 12.4. The molecule has 0 amide bonds. The molecule has 0 saturated carbocycles. The largest absolute Gasteiger partial charge is 0.459 e. The van der Waals surface area contributed by atoms with Gasteiger partial charge in [-0.05, 0) is 55.2 Å². The third-order valence-electron chi connectivity index (χ3n) is 3.55. The number of benzene rings is 1. The van der Waals surface area contributed by atoms with Crippen molar-refractivity contribution in [3.05, 3.63) is 35.0 Å². The molecule has 1 aliphatic rings. The molecule has 0 spiro atoms. The van der Waals surface area contributed by atoms with E-state index in [4.69, 9.17) is 16.0 Å². The molecule has 1 aromatic carbocycles. The fraction of sp³-hybridized carbons (Fsp3) is 0.429. The van der Waals surface area contributed by atoms with Crippen molar-refractivity contribution in [3.63, 3.8) is 0 Å². The zero-order valence-electron chi connectivity index (χ0n) is 10.3. The number of hydrogen-bond donors (Lipinski definition) is 1. The molecular weight excluding hydrogens is 266 g/mol. The molecule has 2 atom stereocenters. The molecule has 4 heteroatoms. The Hall–Kier alpha value is -0.640. The van der Waals surface area contributed by atoms with Gasteiger partial charge >= 0.3 is 0 Å². The topological polar surface area (TPSA) is 25.2 Å². The smallest absolute Gasteiger partial charge is 0.134 e. The number of thioether (sulfide) groups is 1. The van der Waals surface area contributed by atoms with E-state index in [1.807, 2.05) is 37.0 Å². The van der Waals surface area contributed by atoms with Crippen LogP contribution in [0.25, 0.3) is 11.0 Å². The first-order valence-corrected chi connectivity index (χ1v) is 7.75. The third kappa shape index (κ3) is 2.27. The highest BCUT2D eigenvalue weighted by Crippen LogP contribution is 2.36. The van der Waals surface area contributed by atoms with E-state index in [2.05, 4.69) is 11.4 Å². The SMILES string of the molecule is CNC(c1cc2cc(Cl)ccc2o1)C1CCSC1. The second kappa shape index (κ2) is 5.16. The molecule has 1 fully saturated rings. The zero-order valence-corrected chi connectivity index (χ0v) is 11.9. The Morgan fingerprint density at radius 1 is 1.44 bits per heavy atom. The summed E-state index contributed by atoms with van der Waals surface area (Å²) in [6, 6.07) is 8.20. The molecule has 1 saturated heterocycles. The molecule has 1 N–H and O–H groups in total. The van der Waals surface area contributed by atoms with E-state index in [-0.39, 0.29) is 0 Å². The maximum atomic E-state index is 6.01. The van der Waals surface area contributed by atoms with Crippen molar-refractivity contribution < 1.29 is 4.42 Å². The summed E-state index contributed by atoms with van der Waals surface area (Å²) in [6.07, 6.45) is 1.26. The second-order valence-corrected chi connectivity index (χ2v) is 6.31. The summed E-state index contributed by atoms with van der Waals surface area (Å²) >= 11 is 8.03.